The quantitative estimate of drug-likeness (QED) is 0.640. The molecule has 0 aliphatic rings. The first-order valence-corrected chi connectivity index (χ1v) is 4.85. The van der Waals surface area contributed by atoms with Gasteiger partial charge >= 0.3 is 0 Å². The molecule has 0 fully saturated rings. The highest BCUT2D eigenvalue weighted by Crippen LogP contribution is 1.82. The van der Waals surface area contributed by atoms with Gasteiger partial charge in [-0.05, 0) is 13.8 Å². The minimum absolute atomic E-state index is 0.0809. The Morgan fingerprint density at radius 3 is 2.77 bits per heavy atom. The summed E-state index contributed by atoms with van der Waals surface area (Å²) < 4.78 is 0. The zero-order valence-corrected chi connectivity index (χ0v) is 8.90. The van der Waals surface area contributed by atoms with Crippen molar-refractivity contribution in [3.05, 3.63) is 11.6 Å². The SMILES string of the molecule is CC(C)NC(=O)CCNC/C=C/Cl. The summed E-state index contributed by atoms with van der Waals surface area (Å²) in [6.45, 7) is 5.28. The third kappa shape index (κ3) is 9.37. The van der Waals surface area contributed by atoms with Crippen molar-refractivity contribution < 1.29 is 4.79 Å². The fraction of sp³-hybridized carbons (Fsp3) is 0.667. The summed E-state index contributed by atoms with van der Waals surface area (Å²) in [4.78, 5) is 11.1. The van der Waals surface area contributed by atoms with Crippen LogP contribution in [0.15, 0.2) is 11.6 Å². The standard InChI is InChI=1S/C9H17ClN2O/c1-8(2)12-9(13)4-7-11-6-3-5-10/h3,5,8,11H,4,6-7H2,1-2H3,(H,12,13)/b5-3+. The van der Waals surface area contributed by atoms with E-state index in [2.05, 4.69) is 10.6 Å². The van der Waals surface area contributed by atoms with E-state index in [1.165, 1.54) is 5.54 Å². The Hall–Kier alpha value is -0.540. The lowest BCUT2D eigenvalue weighted by molar-refractivity contribution is -0.121. The number of carbonyl (C=O) groups is 1. The van der Waals surface area contributed by atoms with Crippen molar-refractivity contribution in [2.24, 2.45) is 0 Å². The van der Waals surface area contributed by atoms with Crippen LogP contribution in [0.4, 0.5) is 0 Å². The molecule has 0 unspecified atom stereocenters. The third-order valence-electron chi connectivity index (χ3n) is 1.33. The van der Waals surface area contributed by atoms with Crippen molar-refractivity contribution in [3.63, 3.8) is 0 Å². The van der Waals surface area contributed by atoms with Crippen molar-refractivity contribution in [3.8, 4) is 0 Å². The van der Waals surface area contributed by atoms with E-state index in [4.69, 9.17) is 11.6 Å². The van der Waals surface area contributed by atoms with E-state index < -0.39 is 0 Å². The van der Waals surface area contributed by atoms with E-state index >= 15 is 0 Å². The summed E-state index contributed by atoms with van der Waals surface area (Å²) in [5.74, 6) is 0.0809. The van der Waals surface area contributed by atoms with Crippen LogP contribution in [0, 0.1) is 0 Å². The molecule has 3 nitrogen and oxygen atoms in total. The van der Waals surface area contributed by atoms with Crippen LogP contribution in [0.5, 0.6) is 0 Å². The number of halogens is 1. The van der Waals surface area contributed by atoms with E-state index in [0.717, 1.165) is 0 Å². The fourth-order valence-electron chi connectivity index (χ4n) is 0.826. The van der Waals surface area contributed by atoms with Crippen LogP contribution in [0.2, 0.25) is 0 Å². The Morgan fingerprint density at radius 2 is 2.23 bits per heavy atom. The van der Waals surface area contributed by atoms with Gasteiger partial charge in [0.25, 0.3) is 0 Å². The van der Waals surface area contributed by atoms with E-state index in [0.29, 0.717) is 19.5 Å². The van der Waals surface area contributed by atoms with Gasteiger partial charge in [-0.25, -0.2) is 0 Å². The number of hydrogen-bond donors (Lipinski definition) is 2. The molecular formula is C9H17ClN2O. The second-order valence-electron chi connectivity index (χ2n) is 3.04. The molecule has 1 amide bonds. The summed E-state index contributed by atoms with van der Waals surface area (Å²) >= 11 is 5.31. The molecule has 0 aliphatic heterocycles. The third-order valence-corrected chi connectivity index (χ3v) is 1.51. The van der Waals surface area contributed by atoms with Crippen LogP contribution in [0.25, 0.3) is 0 Å². The summed E-state index contributed by atoms with van der Waals surface area (Å²) in [6.07, 6.45) is 2.30. The van der Waals surface area contributed by atoms with E-state index in [1.807, 2.05) is 13.8 Å². The van der Waals surface area contributed by atoms with E-state index in [9.17, 15) is 4.79 Å². The minimum atomic E-state index is 0.0809. The van der Waals surface area contributed by atoms with Gasteiger partial charge in [0.1, 0.15) is 0 Å². The van der Waals surface area contributed by atoms with Crippen LogP contribution in [0.3, 0.4) is 0 Å². The number of rotatable bonds is 6. The van der Waals surface area contributed by atoms with Crippen LogP contribution in [-0.2, 0) is 4.79 Å². The maximum atomic E-state index is 11.1. The van der Waals surface area contributed by atoms with Crippen molar-refractivity contribution in [1.82, 2.24) is 10.6 Å². The number of hydrogen-bond acceptors (Lipinski definition) is 2. The first kappa shape index (κ1) is 12.5. The van der Waals surface area contributed by atoms with Crippen molar-refractivity contribution in [1.29, 1.82) is 0 Å². The molecule has 4 heteroatoms. The second-order valence-corrected chi connectivity index (χ2v) is 3.29. The Kier molecular flexibility index (Phi) is 7.74. The highest BCUT2D eigenvalue weighted by atomic mass is 35.5. The van der Waals surface area contributed by atoms with Crippen LogP contribution < -0.4 is 10.6 Å². The Labute approximate surface area is 84.5 Å². The normalized spacial score (nSPS) is 11.1. The molecule has 0 heterocycles. The average Bonchev–Trinajstić information content (AvgIpc) is 2.02. The minimum Gasteiger partial charge on any atom is -0.354 e. The lowest BCUT2D eigenvalue weighted by Gasteiger charge is -2.07. The van der Waals surface area contributed by atoms with Gasteiger partial charge in [0.2, 0.25) is 5.91 Å². The number of amides is 1. The predicted octanol–water partition coefficient (Wildman–Crippen LogP) is 1.24. The van der Waals surface area contributed by atoms with Gasteiger partial charge in [0.05, 0.1) is 0 Å². The molecule has 0 saturated heterocycles. The summed E-state index contributed by atoms with van der Waals surface area (Å²) in [5.41, 5.74) is 1.46. The molecule has 0 aliphatic carbocycles. The molecular weight excluding hydrogens is 188 g/mol. The van der Waals surface area contributed by atoms with Crippen molar-refractivity contribution >= 4 is 17.5 Å². The molecule has 0 bridgehead atoms. The van der Waals surface area contributed by atoms with Crippen LogP contribution >= 0.6 is 11.6 Å². The molecule has 2 N–H and O–H groups in total. The van der Waals surface area contributed by atoms with Crippen molar-refractivity contribution in [2.75, 3.05) is 13.1 Å². The van der Waals surface area contributed by atoms with E-state index in [1.54, 1.807) is 6.08 Å². The highest BCUT2D eigenvalue weighted by Gasteiger charge is 2.00. The van der Waals surface area contributed by atoms with Crippen LogP contribution in [0.1, 0.15) is 20.3 Å². The molecule has 0 saturated carbocycles. The van der Waals surface area contributed by atoms with Gasteiger partial charge in [-0.15, -0.1) is 0 Å². The summed E-state index contributed by atoms with van der Waals surface area (Å²) in [6, 6.07) is 0.218. The molecule has 76 valence electrons. The maximum absolute atomic E-state index is 11.1. The molecule has 0 radical (unpaired) electrons. The fourth-order valence-corrected chi connectivity index (χ4v) is 0.915. The van der Waals surface area contributed by atoms with Gasteiger partial charge in [-0.2, -0.15) is 0 Å². The molecule has 0 atom stereocenters. The van der Waals surface area contributed by atoms with Crippen LogP contribution in [-0.4, -0.2) is 25.0 Å². The van der Waals surface area contributed by atoms with E-state index in [-0.39, 0.29) is 11.9 Å². The molecule has 0 spiro atoms. The average molecular weight is 205 g/mol. The second kappa shape index (κ2) is 8.08. The summed E-state index contributed by atoms with van der Waals surface area (Å²) in [5, 5.41) is 5.87. The van der Waals surface area contributed by atoms with Gasteiger partial charge in [-0.3, -0.25) is 4.79 Å². The first-order valence-electron chi connectivity index (χ1n) is 4.42. The van der Waals surface area contributed by atoms with Gasteiger partial charge in [-0.1, -0.05) is 17.7 Å². The van der Waals surface area contributed by atoms with Gasteiger partial charge < -0.3 is 10.6 Å². The summed E-state index contributed by atoms with van der Waals surface area (Å²) in [7, 11) is 0. The molecule has 0 aromatic carbocycles. The molecule has 0 aromatic heterocycles. The highest BCUT2D eigenvalue weighted by molar-refractivity contribution is 6.25. The topological polar surface area (TPSA) is 41.1 Å². The Balaban J connectivity index is 3.27. The molecule has 0 rings (SSSR count). The number of nitrogens with one attached hydrogen (secondary N) is 2. The number of carbonyl (C=O) groups excluding carboxylic acids is 1. The predicted molar refractivity (Wildman–Crippen MR) is 55.8 cm³/mol. The maximum Gasteiger partial charge on any atom is 0.221 e. The first-order chi connectivity index (χ1) is 6.16. The van der Waals surface area contributed by atoms with Gasteiger partial charge in [0.15, 0.2) is 0 Å². The zero-order valence-electron chi connectivity index (χ0n) is 8.14. The van der Waals surface area contributed by atoms with Crippen molar-refractivity contribution in [2.45, 2.75) is 26.3 Å². The smallest absolute Gasteiger partial charge is 0.221 e. The Morgan fingerprint density at radius 1 is 1.54 bits per heavy atom. The van der Waals surface area contributed by atoms with Gasteiger partial charge in [0, 0.05) is 31.1 Å². The molecule has 13 heavy (non-hydrogen) atoms. The largest absolute Gasteiger partial charge is 0.354 e. The monoisotopic (exact) mass is 204 g/mol. The zero-order chi connectivity index (χ0) is 10.1. The lowest BCUT2D eigenvalue weighted by atomic mass is 10.3. The Bertz CT molecular complexity index is 169. The lowest BCUT2D eigenvalue weighted by Crippen LogP contribution is -2.32. The molecule has 0 aromatic rings.